The number of cyclic esters (lactones) is 1. The van der Waals surface area contributed by atoms with Crippen LogP contribution in [0, 0.1) is 5.82 Å². The maximum atomic E-state index is 13.2. The van der Waals surface area contributed by atoms with E-state index in [1.54, 1.807) is 0 Å². The standard InChI is InChI=1S/C15H19FN2O4S/c16-11-3-1-5-13(9-11)23(20,21)17-12-4-2-7-18(10-12)14-6-8-22-15(14)19/h1,3,5,9,12,14,17H,2,4,6-8,10H2/t12-,14+/m1/s1. The van der Waals surface area contributed by atoms with E-state index in [9.17, 15) is 17.6 Å². The quantitative estimate of drug-likeness (QED) is 0.822. The predicted octanol–water partition coefficient (Wildman–Crippen LogP) is 0.884. The molecule has 8 heteroatoms. The van der Waals surface area contributed by atoms with E-state index < -0.39 is 15.8 Å². The van der Waals surface area contributed by atoms with Crippen LogP contribution >= 0.6 is 0 Å². The summed E-state index contributed by atoms with van der Waals surface area (Å²) < 4.78 is 45.5. The molecule has 2 saturated heterocycles. The Morgan fingerprint density at radius 3 is 2.83 bits per heavy atom. The minimum atomic E-state index is -3.78. The molecule has 126 valence electrons. The lowest BCUT2D eigenvalue weighted by Crippen LogP contribution is -2.52. The molecule has 2 heterocycles. The zero-order valence-electron chi connectivity index (χ0n) is 12.6. The average Bonchev–Trinajstić information content (AvgIpc) is 2.93. The Bertz CT molecular complexity index is 694. The Hall–Kier alpha value is -1.51. The molecule has 2 atom stereocenters. The molecule has 2 aliphatic rings. The van der Waals surface area contributed by atoms with Gasteiger partial charge in [-0.1, -0.05) is 6.07 Å². The van der Waals surface area contributed by atoms with Gasteiger partial charge in [-0.2, -0.15) is 0 Å². The maximum Gasteiger partial charge on any atom is 0.323 e. The number of carbonyl (C=O) groups is 1. The van der Waals surface area contributed by atoms with Crippen LogP contribution < -0.4 is 4.72 Å². The van der Waals surface area contributed by atoms with Gasteiger partial charge in [-0.15, -0.1) is 0 Å². The molecule has 0 spiro atoms. The Morgan fingerprint density at radius 2 is 2.13 bits per heavy atom. The average molecular weight is 342 g/mol. The lowest BCUT2D eigenvalue weighted by atomic mass is 10.0. The van der Waals surface area contributed by atoms with Crippen LogP contribution in [0.15, 0.2) is 29.2 Å². The molecule has 2 fully saturated rings. The normalized spacial score (nSPS) is 26.2. The van der Waals surface area contributed by atoms with E-state index in [1.165, 1.54) is 18.2 Å². The molecule has 0 aromatic heterocycles. The van der Waals surface area contributed by atoms with Gasteiger partial charge in [0, 0.05) is 19.0 Å². The lowest BCUT2D eigenvalue weighted by molar-refractivity contribution is -0.142. The molecule has 1 N–H and O–H groups in total. The molecule has 0 saturated carbocycles. The Kier molecular flexibility index (Phi) is 4.65. The van der Waals surface area contributed by atoms with Gasteiger partial charge in [0.05, 0.1) is 11.5 Å². The summed E-state index contributed by atoms with van der Waals surface area (Å²) in [5.74, 6) is -0.828. The third-order valence-electron chi connectivity index (χ3n) is 4.23. The van der Waals surface area contributed by atoms with Crippen molar-refractivity contribution in [3.63, 3.8) is 0 Å². The van der Waals surface area contributed by atoms with Crippen molar-refractivity contribution in [2.24, 2.45) is 0 Å². The van der Waals surface area contributed by atoms with Gasteiger partial charge < -0.3 is 4.74 Å². The van der Waals surface area contributed by atoms with Crippen LogP contribution in [0.1, 0.15) is 19.3 Å². The molecule has 0 aliphatic carbocycles. The number of carbonyl (C=O) groups excluding carboxylic acids is 1. The van der Waals surface area contributed by atoms with E-state index >= 15 is 0 Å². The third-order valence-corrected chi connectivity index (χ3v) is 5.75. The van der Waals surface area contributed by atoms with Crippen molar-refractivity contribution in [2.45, 2.75) is 36.2 Å². The van der Waals surface area contributed by atoms with Crippen LogP contribution in [0.2, 0.25) is 0 Å². The number of hydrogen-bond acceptors (Lipinski definition) is 5. The summed E-state index contributed by atoms with van der Waals surface area (Å²) in [6, 6.07) is 4.35. The highest BCUT2D eigenvalue weighted by Gasteiger charge is 2.36. The zero-order valence-corrected chi connectivity index (χ0v) is 13.4. The topological polar surface area (TPSA) is 75.7 Å². The first-order chi connectivity index (χ1) is 11.0. The summed E-state index contributed by atoms with van der Waals surface area (Å²) in [7, 11) is -3.78. The third kappa shape index (κ3) is 3.70. The lowest BCUT2D eigenvalue weighted by Gasteiger charge is -2.35. The van der Waals surface area contributed by atoms with Gasteiger partial charge in [0.1, 0.15) is 11.9 Å². The number of piperidine rings is 1. The van der Waals surface area contributed by atoms with E-state index in [-0.39, 0.29) is 22.9 Å². The number of benzene rings is 1. The minimum Gasteiger partial charge on any atom is -0.464 e. The van der Waals surface area contributed by atoms with Crippen LogP contribution in [0.3, 0.4) is 0 Å². The number of rotatable bonds is 4. The fourth-order valence-electron chi connectivity index (χ4n) is 3.12. The van der Waals surface area contributed by atoms with Crippen molar-refractivity contribution < 1.29 is 22.3 Å². The number of sulfonamides is 1. The van der Waals surface area contributed by atoms with Gasteiger partial charge >= 0.3 is 5.97 Å². The van der Waals surface area contributed by atoms with Crippen LogP contribution in [-0.4, -0.2) is 51.1 Å². The van der Waals surface area contributed by atoms with Crippen LogP contribution in [0.4, 0.5) is 4.39 Å². The molecule has 1 aromatic rings. The molecule has 1 aromatic carbocycles. The summed E-state index contributed by atoms with van der Waals surface area (Å²) >= 11 is 0. The smallest absolute Gasteiger partial charge is 0.323 e. The molecule has 0 radical (unpaired) electrons. The molecule has 0 unspecified atom stereocenters. The summed E-state index contributed by atoms with van der Waals surface area (Å²) in [6.07, 6.45) is 2.12. The van der Waals surface area contributed by atoms with Gasteiger partial charge in [-0.25, -0.2) is 17.5 Å². The van der Waals surface area contributed by atoms with Crippen LogP contribution in [0.5, 0.6) is 0 Å². The highest BCUT2D eigenvalue weighted by atomic mass is 32.2. The van der Waals surface area contributed by atoms with Crippen molar-refractivity contribution >= 4 is 16.0 Å². The molecule has 3 rings (SSSR count). The van der Waals surface area contributed by atoms with Crippen molar-refractivity contribution in [2.75, 3.05) is 19.7 Å². The SMILES string of the molecule is O=C1OCC[C@@H]1N1CCC[C@@H](NS(=O)(=O)c2cccc(F)c2)C1. The first kappa shape index (κ1) is 16.4. The number of hydrogen-bond donors (Lipinski definition) is 1. The largest absolute Gasteiger partial charge is 0.464 e. The number of likely N-dealkylation sites (tertiary alicyclic amines) is 1. The van der Waals surface area contributed by atoms with E-state index in [4.69, 9.17) is 4.74 Å². The van der Waals surface area contributed by atoms with Gasteiger partial charge in [0.15, 0.2) is 0 Å². The second kappa shape index (κ2) is 6.54. The number of halogens is 1. The second-order valence-corrected chi connectivity index (χ2v) is 7.60. The number of esters is 1. The van der Waals surface area contributed by atoms with Gasteiger partial charge in [-0.05, 0) is 37.6 Å². The van der Waals surface area contributed by atoms with Gasteiger partial charge in [-0.3, -0.25) is 9.69 Å². The highest BCUT2D eigenvalue weighted by Crippen LogP contribution is 2.21. The number of nitrogens with one attached hydrogen (secondary N) is 1. The van der Waals surface area contributed by atoms with Crippen molar-refractivity contribution in [3.8, 4) is 0 Å². The van der Waals surface area contributed by atoms with Gasteiger partial charge in [0.2, 0.25) is 10.0 Å². The maximum absolute atomic E-state index is 13.2. The first-order valence-corrected chi connectivity index (χ1v) is 9.12. The molecular formula is C15H19FN2O4S. The summed E-state index contributed by atoms with van der Waals surface area (Å²) in [6.45, 7) is 1.62. The number of nitrogens with zero attached hydrogens (tertiary/aromatic N) is 1. The Morgan fingerprint density at radius 1 is 1.30 bits per heavy atom. The van der Waals surface area contributed by atoms with Crippen molar-refractivity contribution in [3.05, 3.63) is 30.1 Å². The molecule has 2 aliphatic heterocycles. The molecule has 0 bridgehead atoms. The van der Waals surface area contributed by atoms with E-state index in [2.05, 4.69) is 4.72 Å². The highest BCUT2D eigenvalue weighted by molar-refractivity contribution is 7.89. The zero-order chi connectivity index (χ0) is 16.4. The first-order valence-electron chi connectivity index (χ1n) is 7.64. The van der Waals surface area contributed by atoms with E-state index in [1.807, 2.05) is 4.90 Å². The van der Waals surface area contributed by atoms with Crippen molar-refractivity contribution in [1.29, 1.82) is 0 Å². The molecule has 0 amide bonds. The van der Waals surface area contributed by atoms with Crippen LogP contribution in [-0.2, 0) is 19.6 Å². The predicted molar refractivity (Wildman–Crippen MR) is 80.7 cm³/mol. The molecule has 23 heavy (non-hydrogen) atoms. The van der Waals surface area contributed by atoms with E-state index in [0.29, 0.717) is 26.0 Å². The van der Waals surface area contributed by atoms with Crippen molar-refractivity contribution in [1.82, 2.24) is 9.62 Å². The Balaban J connectivity index is 1.68. The second-order valence-electron chi connectivity index (χ2n) is 5.88. The fourth-order valence-corrected chi connectivity index (χ4v) is 4.42. The van der Waals surface area contributed by atoms with E-state index in [0.717, 1.165) is 19.0 Å². The fraction of sp³-hybridized carbons (Fsp3) is 0.533. The summed E-state index contributed by atoms with van der Waals surface area (Å²) in [5.41, 5.74) is 0. The van der Waals surface area contributed by atoms with Crippen LogP contribution in [0.25, 0.3) is 0 Å². The molecule has 6 nitrogen and oxygen atoms in total. The van der Waals surface area contributed by atoms with Gasteiger partial charge in [0.25, 0.3) is 0 Å². The number of ether oxygens (including phenoxy) is 1. The monoisotopic (exact) mass is 342 g/mol. The molecular weight excluding hydrogens is 323 g/mol. The summed E-state index contributed by atoms with van der Waals surface area (Å²) in [4.78, 5) is 13.6. The summed E-state index contributed by atoms with van der Waals surface area (Å²) in [5, 5.41) is 0. The Labute approximate surface area is 134 Å². The minimum absolute atomic E-state index is 0.0881.